The number of phenols is 1. The van der Waals surface area contributed by atoms with Gasteiger partial charge in [-0.2, -0.15) is 0 Å². The number of benzene rings is 1. The number of pyridine rings is 1. The first-order chi connectivity index (χ1) is 13.6. The largest absolute Gasteiger partial charge is 0.508 e. The molecule has 2 aromatic heterocycles. The van der Waals surface area contributed by atoms with Gasteiger partial charge in [0.1, 0.15) is 17.3 Å². The van der Waals surface area contributed by atoms with E-state index in [2.05, 4.69) is 4.98 Å². The first kappa shape index (κ1) is 17.5. The number of hydrogen-bond donors (Lipinski definition) is 2. The highest BCUT2D eigenvalue weighted by atomic mass is 16.3. The van der Waals surface area contributed by atoms with Crippen molar-refractivity contribution < 1.29 is 24.2 Å². The smallest absolute Gasteiger partial charge is 0.296 e. The zero-order chi connectivity index (χ0) is 19.7. The van der Waals surface area contributed by atoms with E-state index < -0.39 is 17.7 Å². The molecule has 0 bridgehead atoms. The molecule has 0 spiro atoms. The van der Waals surface area contributed by atoms with Crippen LogP contribution in [0.3, 0.4) is 0 Å². The minimum Gasteiger partial charge on any atom is -0.508 e. The van der Waals surface area contributed by atoms with Crippen molar-refractivity contribution in [3.05, 3.63) is 89.6 Å². The van der Waals surface area contributed by atoms with Crippen molar-refractivity contribution in [1.29, 1.82) is 0 Å². The maximum absolute atomic E-state index is 12.8. The number of carbonyl (C=O) groups excluding carboxylic acids is 2. The standard InChI is InChI=1S/C21H16N2O5/c24-15-4-1-3-14(11-15)18-17(19(25)13-6-8-22-9-7-13)20(26)21(27)23(18)12-16-5-2-10-28-16/h1-11,18,24-25H,12H2/b19-17-. The van der Waals surface area contributed by atoms with Crippen LogP contribution in [0.25, 0.3) is 5.76 Å². The molecule has 7 heteroatoms. The van der Waals surface area contributed by atoms with Crippen LogP contribution in [0.15, 0.2) is 77.2 Å². The van der Waals surface area contributed by atoms with Crippen molar-refractivity contribution in [3.8, 4) is 5.75 Å². The van der Waals surface area contributed by atoms with Crippen LogP contribution in [0, 0.1) is 0 Å². The number of rotatable bonds is 4. The van der Waals surface area contributed by atoms with E-state index in [4.69, 9.17) is 4.42 Å². The SMILES string of the molecule is O=C1C(=O)N(Cc2ccco2)C(c2cccc(O)c2)/C1=C(/O)c1ccncc1. The van der Waals surface area contributed by atoms with Crippen LogP contribution in [0.5, 0.6) is 5.75 Å². The van der Waals surface area contributed by atoms with Crippen LogP contribution in [0.4, 0.5) is 0 Å². The molecule has 1 aliphatic heterocycles. The molecule has 0 radical (unpaired) electrons. The Balaban J connectivity index is 1.88. The molecule has 3 aromatic rings. The molecule has 1 saturated heterocycles. The Morgan fingerprint density at radius 3 is 2.57 bits per heavy atom. The second-order valence-corrected chi connectivity index (χ2v) is 6.34. The molecule has 1 atom stereocenters. The Morgan fingerprint density at radius 1 is 1.11 bits per heavy atom. The van der Waals surface area contributed by atoms with Gasteiger partial charge in [-0.3, -0.25) is 14.6 Å². The van der Waals surface area contributed by atoms with Crippen LogP contribution in [-0.4, -0.2) is 31.8 Å². The Kier molecular flexibility index (Phi) is 4.41. The second-order valence-electron chi connectivity index (χ2n) is 6.34. The monoisotopic (exact) mass is 376 g/mol. The van der Waals surface area contributed by atoms with Gasteiger partial charge >= 0.3 is 0 Å². The molecule has 1 unspecified atom stereocenters. The zero-order valence-corrected chi connectivity index (χ0v) is 14.6. The van der Waals surface area contributed by atoms with Crippen molar-refractivity contribution in [1.82, 2.24) is 9.88 Å². The zero-order valence-electron chi connectivity index (χ0n) is 14.6. The summed E-state index contributed by atoms with van der Waals surface area (Å²) >= 11 is 0. The van der Waals surface area contributed by atoms with Gasteiger partial charge in [0.15, 0.2) is 0 Å². The summed E-state index contributed by atoms with van der Waals surface area (Å²) in [6.45, 7) is 0.0466. The summed E-state index contributed by atoms with van der Waals surface area (Å²) in [5.41, 5.74) is 0.825. The third-order valence-corrected chi connectivity index (χ3v) is 4.59. The molecule has 7 nitrogen and oxygen atoms in total. The number of aliphatic hydroxyl groups is 1. The first-order valence-electron chi connectivity index (χ1n) is 8.56. The predicted octanol–water partition coefficient (Wildman–Crippen LogP) is 3.00. The number of aromatic hydroxyl groups is 1. The van der Waals surface area contributed by atoms with Gasteiger partial charge in [-0.15, -0.1) is 0 Å². The summed E-state index contributed by atoms with van der Waals surface area (Å²) in [6, 6.07) is 11.9. The molecule has 1 aromatic carbocycles. The lowest BCUT2D eigenvalue weighted by Crippen LogP contribution is -2.29. The van der Waals surface area contributed by atoms with E-state index in [1.165, 1.54) is 35.7 Å². The molecule has 1 aliphatic rings. The highest BCUT2D eigenvalue weighted by molar-refractivity contribution is 6.46. The van der Waals surface area contributed by atoms with E-state index in [1.54, 1.807) is 36.4 Å². The molecule has 1 amide bonds. The molecule has 2 N–H and O–H groups in total. The van der Waals surface area contributed by atoms with Gasteiger partial charge < -0.3 is 19.5 Å². The van der Waals surface area contributed by atoms with E-state index in [-0.39, 0.29) is 23.6 Å². The lowest BCUT2D eigenvalue weighted by molar-refractivity contribution is -0.140. The number of furan rings is 1. The van der Waals surface area contributed by atoms with Gasteiger partial charge in [0.25, 0.3) is 11.7 Å². The van der Waals surface area contributed by atoms with Crippen LogP contribution < -0.4 is 0 Å². The number of carbonyl (C=O) groups is 2. The number of aromatic nitrogens is 1. The van der Waals surface area contributed by atoms with Crippen LogP contribution >= 0.6 is 0 Å². The normalized spacial score (nSPS) is 18.6. The van der Waals surface area contributed by atoms with E-state index in [0.29, 0.717) is 16.9 Å². The third kappa shape index (κ3) is 3.03. The molecule has 1 fully saturated rings. The summed E-state index contributed by atoms with van der Waals surface area (Å²) < 4.78 is 5.33. The molecule has 28 heavy (non-hydrogen) atoms. The number of nitrogens with zero attached hydrogens (tertiary/aromatic N) is 2. The predicted molar refractivity (Wildman–Crippen MR) is 98.9 cm³/mol. The topological polar surface area (TPSA) is 104 Å². The summed E-state index contributed by atoms with van der Waals surface area (Å²) in [7, 11) is 0. The summed E-state index contributed by atoms with van der Waals surface area (Å²) in [4.78, 5) is 30.8. The second kappa shape index (κ2) is 7.03. The number of aliphatic hydroxyl groups excluding tert-OH is 1. The molecule has 4 rings (SSSR count). The molecule has 3 heterocycles. The Hall–Kier alpha value is -3.87. The first-order valence-corrected chi connectivity index (χ1v) is 8.56. The van der Waals surface area contributed by atoms with Crippen LogP contribution in [-0.2, 0) is 16.1 Å². The summed E-state index contributed by atoms with van der Waals surface area (Å²) in [5, 5.41) is 20.7. The van der Waals surface area contributed by atoms with Gasteiger partial charge in [0.05, 0.1) is 24.4 Å². The molecule has 140 valence electrons. The van der Waals surface area contributed by atoms with Crippen LogP contribution in [0.2, 0.25) is 0 Å². The minimum absolute atomic E-state index is 0.00926. The van der Waals surface area contributed by atoms with Gasteiger partial charge in [0.2, 0.25) is 0 Å². The van der Waals surface area contributed by atoms with Gasteiger partial charge in [-0.1, -0.05) is 12.1 Å². The van der Waals surface area contributed by atoms with E-state index >= 15 is 0 Å². The fourth-order valence-corrected chi connectivity index (χ4v) is 3.32. The number of amides is 1. The summed E-state index contributed by atoms with van der Waals surface area (Å²) in [5.74, 6) is -1.36. The number of phenolic OH excluding ortho intramolecular Hbond substituents is 1. The van der Waals surface area contributed by atoms with Crippen molar-refractivity contribution in [2.24, 2.45) is 0 Å². The Bertz CT molecular complexity index is 1060. The Morgan fingerprint density at radius 2 is 1.89 bits per heavy atom. The van der Waals surface area contributed by atoms with E-state index in [0.717, 1.165) is 0 Å². The fraction of sp³-hybridized carbons (Fsp3) is 0.0952. The molecular weight excluding hydrogens is 360 g/mol. The minimum atomic E-state index is -0.870. The number of ketones is 1. The van der Waals surface area contributed by atoms with E-state index in [9.17, 15) is 19.8 Å². The molecule has 0 aliphatic carbocycles. The Labute approximate surface area is 160 Å². The highest BCUT2D eigenvalue weighted by Gasteiger charge is 2.46. The maximum atomic E-state index is 12.8. The lowest BCUT2D eigenvalue weighted by Gasteiger charge is -2.24. The number of likely N-dealkylation sites (tertiary alicyclic amines) is 1. The quantitative estimate of drug-likeness (QED) is 0.412. The summed E-state index contributed by atoms with van der Waals surface area (Å²) in [6.07, 6.45) is 4.45. The molecular formula is C21H16N2O5. The molecule has 0 saturated carbocycles. The van der Waals surface area contributed by atoms with Gasteiger partial charge in [-0.25, -0.2) is 0 Å². The van der Waals surface area contributed by atoms with Gasteiger partial charge in [-0.05, 0) is 42.0 Å². The number of Topliss-reactive ketones (excluding diaryl/α,β-unsaturated/α-hetero) is 1. The number of hydrogen-bond acceptors (Lipinski definition) is 6. The highest BCUT2D eigenvalue weighted by Crippen LogP contribution is 2.40. The van der Waals surface area contributed by atoms with Crippen molar-refractivity contribution in [2.75, 3.05) is 0 Å². The van der Waals surface area contributed by atoms with Crippen molar-refractivity contribution in [3.63, 3.8) is 0 Å². The lowest BCUT2D eigenvalue weighted by atomic mass is 9.95. The maximum Gasteiger partial charge on any atom is 0.296 e. The van der Waals surface area contributed by atoms with Crippen LogP contribution in [0.1, 0.15) is 22.9 Å². The third-order valence-electron chi connectivity index (χ3n) is 4.59. The fourth-order valence-electron chi connectivity index (χ4n) is 3.32. The van der Waals surface area contributed by atoms with E-state index in [1.807, 2.05) is 0 Å². The average Bonchev–Trinajstić information content (AvgIpc) is 3.30. The van der Waals surface area contributed by atoms with Crippen molar-refractivity contribution >= 4 is 17.4 Å². The van der Waals surface area contributed by atoms with Crippen molar-refractivity contribution in [2.45, 2.75) is 12.6 Å². The average molecular weight is 376 g/mol. The van der Waals surface area contributed by atoms with Gasteiger partial charge in [0, 0.05) is 18.0 Å².